The molecule has 4 aromatic carbocycles. The van der Waals surface area contributed by atoms with Gasteiger partial charge in [-0.25, -0.2) is 0 Å². The monoisotopic (exact) mass is 595 g/mol. The number of rotatable bonds is 13. The van der Waals surface area contributed by atoms with E-state index < -0.39 is 23.2 Å². The summed E-state index contributed by atoms with van der Waals surface area (Å²) in [6.07, 6.45) is -4.59. The molecule has 0 fully saturated rings. The zero-order valence-corrected chi connectivity index (χ0v) is 23.9. The maximum Gasteiger partial charge on any atom is 0.416 e. The molecule has 2 unspecified atom stereocenters. The Balaban J connectivity index is 1.60. The molecule has 0 saturated heterocycles. The zero-order valence-electron chi connectivity index (χ0n) is 23.2. The number of alkyl halides is 4. The second-order valence-electron chi connectivity index (χ2n) is 10.4. The molecule has 0 aliphatic rings. The number of carboxylic acid groups (broad SMARTS) is 1. The van der Waals surface area contributed by atoms with Crippen molar-refractivity contribution in [2.24, 2.45) is 5.92 Å². The summed E-state index contributed by atoms with van der Waals surface area (Å²) in [6.45, 7) is 3.19. The van der Waals surface area contributed by atoms with Gasteiger partial charge in [0.25, 0.3) is 0 Å². The Kier molecular flexibility index (Phi) is 10.7. The van der Waals surface area contributed by atoms with Gasteiger partial charge in [0, 0.05) is 24.9 Å². The van der Waals surface area contributed by atoms with Crippen molar-refractivity contribution < 1.29 is 27.8 Å². The number of benzene rings is 4. The lowest BCUT2D eigenvalue weighted by Crippen LogP contribution is -2.36. The van der Waals surface area contributed by atoms with Crippen LogP contribution in [0.2, 0.25) is 0 Å². The molecule has 0 amide bonds. The maximum absolute atomic E-state index is 13.5. The van der Waals surface area contributed by atoms with Gasteiger partial charge in [0.2, 0.25) is 0 Å². The Morgan fingerprint density at radius 1 is 0.833 bits per heavy atom. The largest absolute Gasteiger partial charge is 0.493 e. The van der Waals surface area contributed by atoms with Crippen molar-refractivity contribution in [1.82, 2.24) is 4.90 Å². The molecule has 4 aromatic rings. The molecule has 2 atom stereocenters. The average Bonchev–Trinajstić information content (AvgIpc) is 2.98. The predicted octanol–water partition coefficient (Wildman–Crippen LogP) is 8.42. The molecule has 4 rings (SSSR count). The summed E-state index contributed by atoms with van der Waals surface area (Å²) < 4.78 is 46.7. The number of carbonyl (C=O) groups is 1. The van der Waals surface area contributed by atoms with Crippen LogP contribution in [0.15, 0.2) is 109 Å². The third-order valence-corrected chi connectivity index (χ3v) is 7.49. The van der Waals surface area contributed by atoms with Gasteiger partial charge in [0.15, 0.2) is 0 Å². The van der Waals surface area contributed by atoms with Crippen LogP contribution in [0.3, 0.4) is 0 Å². The SMILES string of the molecule is CC(COc1cccc(CC(=O)O)c1)CN(CC(c1ccccc1)c1ccccc1)C(Cl)c1cccc(C(F)(F)F)c1. The van der Waals surface area contributed by atoms with Crippen LogP contribution in [0.4, 0.5) is 13.2 Å². The van der Waals surface area contributed by atoms with Crippen LogP contribution in [-0.2, 0) is 17.4 Å². The van der Waals surface area contributed by atoms with Gasteiger partial charge in [-0.1, -0.05) is 91.9 Å². The van der Waals surface area contributed by atoms with Crippen LogP contribution >= 0.6 is 11.6 Å². The highest BCUT2D eigenvalue weighted by atomic mass is 35.5. The fraction of sp³-hybridized carbons (Fsp3) is 0.265. The zero-order chi connectivity index (χ0) is 30.1. The van der Waals surface area contributed by atoms with Crippen LogP contribution in [0.1, 0.15) is 46.2 Å². The molecule has 0 aliphatic carbocycles. The molecule has 1 N–H and O–H groups in total. The summed E-state index contributed by atoms with van der Waals surface area (Å²) in [5.74, 6) is -0.517. The van der Waals surface area contributed by atoms with Crippen LogP contribution in [0, 0.1) is 5.92 Å². The summed E-state index contributed by atoms with van der Waals surface area (Å²) in [7, 11) is 0. The van der Waals surface area contributed by atoms with E-state index in [0.717, 1.165) is 23.3 Å². The molecule has 0 radical (unpaired) electrons. The first-order valence-corrected chi connectivity index (χ1v) is 14.1. The molecule has 0 aromatic heterocycles. The molecule has 0 heterocycles. The van der Waals surface area contributed by atoms with E-state index in [1.54, 1.807) is 30.3 Å². The van der Waals surface area contributed by atoms with Gasteiger partial charge in [-0.05, 0) is 46.5 Å². The minimum atomic E-state index is -4.48. The molecule has 220 valence electrons. The van der Waals surface area contributed by atoms with Gasteiger partial charge in [-0.15, -0.1) is 11.6 Å². The normalized spacial score (nSPS) is 13.2. The molecule has 8 heteroatoms. The molecule has 4 nitrogen and oxygen atoms in total. The van der Waals surface area contributed by atoms with E-state index >= 15 is 0 Å². The highest BCUT2D eigenvalue weighted by molar-refractivity contribution is 6.20. The average molecular weight is 596 g/mol. The second kappa shape index (κ2) is 14.4. The molecule has 0 spiro atoms. The minimum Gasteiger partial charge on any atom is -0.493 e. The van der Waals surface area contributed by atoms with E-state index in [-0.39, 0.29) is 18.3 Å². The number of halogens is 4. The van der Waals surface area contributed by atoms with E-state index in [1.165, 1.54) is 6.07 Å². The lowest BCUT2D eigenvalue weighted by Gasteiger charge is -2.34. The fourth-order valence-corrected chi connectivity index (χ4v) is 5.25. The molecule has 0 aliphatic heterocycles. The summed E-state index contributed by atoms with van der Waals surface area (Å²) in [5.41, 5.74) is 1.56. The third-order valence-electron chi connectivity index (χ3n) is 6.97. The fourth-order valence-electron chi connectivity index (χ4n) is 4.95. The first-order valence-electron chi connectivity index (χ1n) is 13.7. The second-order valence-corrected chi connectivity index (χ2v) is 10.8. The Morgan fingerprint density at radius 2 is 1.43 bits per heavy atom. The van der Waals surface area contributed by atoms with Crippen molar-refractivity contribution in [3.05, 3.63) is 137 Å². The van der Waals surface area contributed by atoms with Gasteiger partial charge in [-0.2, -0.15) is 13.2 Å². The highest BCUT2D eigenvalue weighted by Crippen LogP contribution is 2.36. The summed E-state index contributed by atoms with van der Waals surface area (Å²) in [5, 5.41) is 9.10. The van der Waals surface area contributed by atoms with Crippen molar-refractivity contribution in [2.75, 3.05) is 19.7 Å². The van der Waals surface area contributed by atoms with Crippen LogP contribution < -0.4 is 4.74 Å². The van der Waals surface area contributed by atoms with Gasteiger partial charge < -0.3 is 9.84 Å². The van der Waals surface area contributed by atoms with Gasteiger partial charge in [-0.3, -0.25) is 9.69 Å². The molecule has 42 heavy (non-hydrogen) atoms. The molecule has 0 saturated carbocycles. The molecular formula is C34H33ClF3NO3. The van der Waals surface area contributed by atoms with Crippen molar-refractivity contribution in [3.8, 4) is 5.75 Å². The predicted molar refractivity (Wildman–Crippen MR) is 159 cm³/mol. The van der Waals surface area contributed by atoms with Crippen LogP contribution in [0.5, 0.6) is 5.75 Å². The Hall–Kier alpha value is -3.81. The Bertz CT molecular complexity index is 1390. The first kappa shape index (κ1) is 31.1. The summed E-state index contributed by atoms with van der Waals surface area (Å²) >= 11 is 7.01. The smallest absolute Gasteiger partial charge is 0.416 e. The van der Waals surface area contributed by atoms with Gasteiger partial charge in [0.05, 0.1) is 18.6 Å². The Morgan fingerprint density at radius 3 is 2.02 bits per heavy atom. The lowest BCUT2D eigenvalue weighted by atomic mass is 9.90. The van der Waals surface area contributed by atoms with E-state index in [9.17, 15) is 18.0 Å². The Labute approximate surface area is 249 Å². The van der Waals surface area contributed by atoms with Crippen molar-refractivity contribution in [2.45, 2.75) is 30.9 Å². The lowest BCUT2D eigenvalue weighted by molar-refractivity contribution is -0.138. The topological polar surface area (TPSA) is 49.8 Å². The number of carboxylic acids is 1. The maximum atomic E-state index is 13.5. The summed E-state index contributed by atoms with van der Waals surface area (Å²) in [4.78, 5) is 13.1. The van der Waals surface area contributed by atoms with Crippen molar-refractivity contribution in [3.63, 3.8) is 0 Å². The van der Waals surface area contributed by atoms with E-state index in [2.05, 4.69) is 0 Å². The van der Waals surface area contributed by atoms with E-state index in [4.69, 9.17) is 21.4 Å². The molecule has 0 bridgehead atoms. The highest BCUT2D eigenvalue weighted by Gasteiger charge is 2.32. The minimum absolute atomic E-state index is 0.0626. The molecular weight excluding hydrogens is 563 g/mol. The summed E-state index contributed by atoms with van der Waals surface area (Å²) in [6, 6.07) is 32.0. The van der Waals surface area contributed by atoms with E-state index in [1.807, 2.05) is 72.5 Å². The number of aliphatic carboxylic acids is 1. The van der Waals surface area contributed by atoms with Crippen molar-refractivity contribution in [1.29, 1.82) is 0 Å². The third kappa shape index (κ3) is 8.84. The van der Waals surface area contributed by atoms with E-state index in [0.29, 0.717) is 36.6 Å². The van der Waals surface area contributed by atoms with Crippen LogP contribution in [-0.4, -0.2) is 35.7 Å². The standard InChI is InChI=1S/C34H33ClF3NO3/c1-24(23-42-30-17-8-10-25(18-30)19-32(40)41)21-39(33(35)28-15-9-16-29(20-28)34(36,37)38)22-31(26-11-4-2-5-12-26)27-13-6-3-7-14-27/h2-18,20,24,31,33H,19,21-23H2,1H3,(H,40,41). The number of hydrogen-bond donors (Lipinski definition) is 1. The van der Waals surface area contributed by atoms with Crippen LogP contribution in [0.25, 0.3) is 0 Å². The number of hydrogen-bond acceptors (Lipinski definition) is 3. The van der Waals surface area contributed by atoms with Gasteiger partial charge in [0.1, 0.15) is 11.3 Å². The van der Waals surface area contributed by atoms with Crippen molar-refractivity contribution >= 4 is 17.6 Å². The quantitative estimate of drug-likeness (QED) is 0.124. The first-order chi connectivity index (χ1) is 20.1. The number of ether oxygens (including phenoxy) is 1. The van der Waals surface area contributed by atoms with Gasteiger partial charge >= 0.3 is 12.1 Å². The number of nitrogens with zero attached hydrogens (tertiary/aromatic N) is 1.